The second-order valence-corrected chi connectivity index (χ2v) is 10.1. The van der Waals surface area contributed by atoms with Gasteiger partial charge in [0.05, 0.1) is 10.9 Å². The average Bonchev–Trinajstić information content (AvgIpc) is 3.20. The molecule has 2 aliphatic rings. The second kappa shape index (κ2) is 9.03. The summed E-state index contributed by atoms with van der Waals surface area (Å²) in [6.07, 6.45) is 7.63. The van der Waals surface area contributed by atoms with E-state index in [0.717, 1.165) is 51.0 Å². The third-order valence-electron chi connectivity index (χ3n) is 5.63. The molecule has 0 aliphatic heterocycles. The highest BCUT2D eigenvalue weighted by atomic mass is 32.2. The van der Waals surface area contributed by atoms with E-state index in [-0.39, 0.29) is 23.2 Å². The molecule has 0 radical (unpaired) electrons. The summed E-state index contributed by atoms with van der Waals surface area (Å²) < 4.78 is 38.7. The van der Waals surface area contributed by atoms with Gasteiger partial charge in [0.15, 0.2) is 9.84 Å². The molecule has 8 heteroatoms. The Morgan fingerprint density at radius 1 is 0.964 bits per heavy atom. The average molecular weight is 411 g/mol. The van der Waals surface area contributed by atoms with Gasteiger partial charge in [0.25, 0.3) is 0 Å². The molecule has 1 aromatic rings. The van der Waals surface area contributed by atoms with Gasteiger partial charge in [0, 0.05) is 11.6 Å². The number of halogens is 1. The molecule has 2 fully saturated rings. The molecule has 0 spiro atoms. The summed E-state index contributed by atoms with van der Waals surface area (Å²) in [6.45, 7) is 0. The zero-order valence-corrected chi connectivity index (χ0v) is 16.7. The molecule has 154 valence electrons. The number of amides is 2. The molecule has 2 N–H and O–H groups in total. The van der Waals surface area contributed by atoms with Crippen molar-refractivity contribution in [2.45, 2.75) is 63.0 Å². The number of nitrogens with one attached hydrogen (secondary N) is 2. The van der Waals surface area contributed by atoms with Crippen LogP contribution < -0.4 is 10.6 Å². The van der Waals surface area contributed by atoms with Crippen LogP contribution in [0.4, 0.5) is 15.8 Å². The van der Waals surface area contributed by atoms with Gasteiger partial charge in [-0.1, -0.05) is 32.1 Å². The van der Waals surface area contributed by atoms with Crippen LogP contribution in [0, 0.1) is 11.7 Å². The fourth-order valence-electron chi connectivity index (χ4n) is 4.04. The lowest BCUT2D eigenvalue weighted by molar-refractivity contribution is -0.120. The summed E-state index contributed by atoms with van der Waals surface area (Å²) in [5.74, 6) is -2.17. The Hall–Kier alpha value is -1.96. The molecule has 2 saturated carbocycles. The molecule has 3 rings (SSSR count). The van der Waals surface area contributed by atoms with E-state index < -0.39 is 32.6 Å². The Balaban J connectivity index is 1.62. The SMILES string of the molecule is O=C(CS(=O)(=O)C1CCCC1)Nc1ccc(F)c(NC(=O)C2CCCCC2)c1. The van der Waals surface area contributed by atoms with Crippen LogP contribution in [-0.2, 0) is 19.4 Å². The van der Waals surface area contributed by atoms with E-state index in [2.05, 4.69) is 10.6 Å². The van der Waals surface area contributed by atoms with E-state index in [0.29, 0.717) is 12.8 Å². The Morgan fingerprint density at radius 2 is 1.61 bits per heavy atom. The van der Waals surface area contributed by atoms with Crippen molar-refractivity contribution in [3.8, 4) is 0 Å². The van der Waals surface area contributed by atoms with Crippen LogP contribution in [0.15, 0.2) is 18.2 Å². The molecule has 0 saturated heterocycles. The number of anilines is 2. The molecule has 0 unspecified atom stereocenters. The first-order valence-electron chi connectivity index (χ1n) is 9.97. The Labute approximate surface area is 165 Å². The highest BCUT2D eigenvalue weighted by Gasteiger charge is 2.30. The zero-order chi connectivity index (χ0) is 20.1. The maximum absolute atomic E-state index is 14.1. The van der Waals surface area contributed by atoms with Gasteiger partial charge in [-0.15, -0.1) is 0 Å². The predicted molar refractivity (Wildman–Crippen MR) is 106 cm³/mol. The Bertz CT molecular complexity index is 829. The van der Waals surface area contributed by atoms with Crippen LogP contribution in [0.25, 0.3) is 0 Å². The molecule has 2 amide bonds. The van der Waals surface area contributed by atoms with Crippen LogP contribution in [0.1, 0.15) is 57.8 Å². The van der Waals surface area contributed by atoms with Crippen molar-refractivity contribution in [2.24, 2.45) is 5.92 Å². The minimum atomic E-state index is -3.49. The van der Waals surface area contributed by atoms with Crippen LogP contribution in [0.3, 0.4) is 0 Å². The molecule has 0 heterocycles. The first-order chi connectivity index (χ1) is 13.3. The van der Waals surface area contributed by atoms with Gasteiger partial charge in [-0.3, -0.25) is 9.59 Å². The molecule has 2 aliphatic carbocycles. The van der Waals surface area contributed by atoms with Crippen LogP contribution >= 0.6 is 0 Å². The van der Waals surface area contributed by atoms with Gasteiger partial charge in [-0.25, -0.2) is 12.8 Å². The first kappa shape index (κ1) is 20.8. The minimum absolute atomic E-state index is 0.00739. The smallest absolute Gasteiger partial charge is 0.239 e. The highest BCUT2D eigenvalue weighted by Crippen LogP contribution is 2.27. The summed E-state index contributed by atoms with van der Waals surface area (Å²) in [5.41, 5.74) is 0.249. The zero-order valence-electron chi connectivity index (χ0n) is 15.9. The van der Waals surface area contributed by atoms with Crippen molar-refractivity contribution in [1.82, 2.24) is 0 Å². The van der Waals surface area contributed by atoms with E-state index in [1.54, 1.807) is 0 Å². The maximum atomic E-state index is 14.1. The van der Waals surface area contributed by atoms with Crippen LogP contribution in [0.5, 0.6) is 0 Å². The lowest BCUT2D eigenvalue weighted by Gasteiger charge is -2.21. The third-order valence-corrected chi connectivity index (χ3v) is 7.78. The summed E-state index contributed by atoms with van der Waals surface area (Å²) in [5, 5.41) is 4.66. The van der Waals surface area contributed by atoms with Crippen molar-refractivity contribution >= 4 is 33.0 Å². The van der Waals surface area contributed by atoms with Gasteiger partial charge in [0.2, 0.25) is 11.8 Å². The monoisotopic (exact) mass is 410 g/mol. The van der Waals surface area contributed by atoms with Crippen molar-refractivity contribution in [3.63, 3.8) is 0 Å². The van der Waals surface area contributed by atoms with E-state index in [1.165, 1.54) is 12.1 Å². The Kier molecular flexibility index (Phi) is 6.69. The number of rotatable bonds is 6. The van der Waals surface area contributed by atoms with E-state index in [9.17, 15) is 22.4 Å². The van der Waals surface area contributed by atoms with E-state index in [4.69, 9.17) is 0 Å². The van der Waals surface area contributed by atoms with Gasteiger partial charge >= 0.3 is 0 Å². The Morgan fingerprint density at radius 3 is 2.29 bits per heavy atom. The summed E-state index contributed by atoms with van der Waals surface area (Å²) in [6, 6.07) is 3.83. The molecule has 0 bridgehead atoms. The molecule has 0 aromatic heterocycles. The van der Waals surface area contributed by atoms with Crippen LogP contribution in [-0.4, -0.2) is 31.2 Å². The summed E-state index contributed by atoms with van der Waals surface area (Å²) in [7, 11) is -3.49. The fourth-order valence-corrected chi connectivity index (χ4v) is 5.77. The van der Waals surface area contributed by atoms with E-state index >= 15 is 0 Å². The van der Waals surface area contributed by atoms with Crippen molar-refractivity contribution in [3.05, 3.63) is 24.0 Å². The number of hydrogen-bond acceptors (Lipinski definition) is 4. The van der Waals surface area contributed by atoms with Crippen molar-refractivity contribution in [1.29, 1.82) is 0 Å². The summed E-state index contributed by atoms with van der Waals surface area (Å²) >= 11 is 0. The van der Waals surface area contributed by atoms with Gasteiger partial charge in [-0.2, -0.15) is 0 Å². The van der Waals surface area contributed by atoms with Gasteiger partial charge in [-0.05, 0) is 43.9 Å². The lowest BCUT2D eigenvalue weighted by atomic mass is 9.88. The first-order valence-corrected chi connectivity index (χ1v) is 11.7. The van der Waals surface area contributed by atoms with Crippen molar-refractivity contribution < 1.29 is 22.4 Å². The van der Waals surface area contributed by atoms with Crippen LogP contribution in [0.2, 0.25) is 0 Å². The quantitative estimate of drug-likeness (QED) is 0.749. The predicted octanol–water partition coefficient (Wildman–Crippen LogP) is 3.64. The summed E-state index contributed by atoms with van der Waals surface area (Å²) in [4.78, 5) is 24.5. The topological polar surface area (TPSA) is 92.3 Å². The second-order valence-electron chi connectivity index (χ2n) is 7.78. The van der Waals surface area contributed by atoms with E-state index in [1.807, 2.05) is 0 Å². The highest BCUT2D eigenvalue weighted by molar-refractivity contribution is 7.92. The number of hydrogen-bond donors (Lipinski definition) is 2. The number of carbonyl (C=O) groups is 2. The number of carbonyl (C=O) groups excluding carboxylic acids is 2. The number of sulfone groups is 1. The minimum Gasteiger partial charge on any atom is -0.325 e. The molecule has 28 heavy (non-hydrogen) atoms. The molecule has 0 atom stereocenters. The van der Waals surface area contributed by atoms with Gasteiger partial charge < -0.3 is 10.6 Å². The number of benzene rings is 1. The maximum Gasteiger partial charge on any atom is 0.239 e. The largest absolute Gasteiger partial charge is 0.325 e. The van der Waals surface area contributed by atoms with Crippen molar-refractivity contribution in [2.75, 3.05) is 16.4 Å². The fraction of sp³-hybridized carbons (Fsp3) is 0.600. The molecular formula is C20H27FN2O4S. The standard InChI is InChI=1S/C20H27FN2O4S/c21-17-11-10-15(12-18(17)23-20(25)14-6-2-1-3-7-14)22-19(24)13-28(26,27)16-8-4-5-9-16/h10-12,14,16H,1-9,13H2,(H,22,24)(H,23,25). The molecular weight excluding hydrogens is 383 g/mol. The molecule has 6 nitrogen and oxygen atoms in total. The molecule has 1 aromatic carbocycles. The van der Waals surface area contributed by atoms with Gasteiger partial charge in [0.1, 0.15) is 11.6 Å². The lowest BCUT2D eigenvalue weighted by Crippen LogP contribution is -2.29. The third kappa shape index (κ3) is 5.31. The normalized spacial score (nSPS) is 18.8.